The van der Waals surface area contributed by atoms with Gasteiger partial charge in [0, 0.05) is 30.3 Å². The van der Waals surface area contributed by atoms with Crippen LogP contribution in [0.3, 0.4) is 0 Å². The first-order valence-corrected chi connectivity index (χ1v) is 10.2. The first-order chi connectivity index (χ1) is 12.4. The number of benzene rings is 1. The molecular weight excluding hydrogens is 372 g/mol. The number of carbonyl (C=O) groups is 1. The molecule has 0 aliphatic carbocycles. The lowest BCUT2D eigenvalue weighted by atomic mass is 10.2. The van der Waals surface area contributed by atoms with Crippen LogP contribution in [0.25, 0.3) is 10.9 Å². The molecule has 0 spiro atoms. The second-order valence-electron chi connectivity index (χ2n) is 6.44. The van der Waals surface area contributed by atoms with E-state index in [0.29, 0.717) is 40.7 Å². The summed E-state index contributed by atoms with van der Waals surface area (Å²) < 4.78 is 7.28. The molecule has 0 amide bonds. The highest BCUT2D eigenvalue weighted by atomic mass is 35.5. The lowest BCUT2D eigenvalue weighted by molar-refractivity contribution is -0.117. The highest BCUT2D eigenvalue weighted by Gasteiger charge is 2.12. The molecule has 5 nitrogen and oxygen atoms in total. The van der Waals surface area contributed by atoms with E-state index in [-0.39, 0.29) is 17.4 Å². The van der Waals surface area contributed by atoms with Gasteiger partial charge >= 0.3 is 0 Å². The predicted molar refractivity (Wildman–Crippen MR) is 107 cm³/mol. The van der Waals surface area contributed by atoms with Crippen LogP contribution in [0.5, 0.6) is 0 Å². The second-order valence-corrected chi connectivity index (χ2v) is 7.94. The van der Waals surface area contributed by atoms with Crippen LogP contribution in [0.4, 0.5) is 0 Å². The minimum Gasteiger partial charge on any atom is -0.379 e. The number of ketones is 1. The number of ether oxygens (including phenoxy) is 1. The van der Waals surface area contributed by atoms with Gasteiger partial charge in [-0.3, -0.25) is 9.36 Å². The Morgan fingerprint density at radius 1 is 1.35 bits per heavy atom. The zero-order chi connectivity index (χ0) is 19.1. The zero-order valence-electron chi connectivity index (χ0n) is 15.5. The van der Waals surface area contributed by atoms with Crippen LogP contribution in [-0.4, -0.2) is 33.8 Å². The average Bonchev–Trinajstić information content (AvgIpc) is 2.56. The minimum atomic E-state index is -0.0646. The molecule has 0 radical (unpaired) electrons. The first-order valence-electron chi connectivity index (χ1n) is 8.82. The monoisotopic (exact) mass is 396 g/mol. The van der Waals surface area contributed by atoms with Crippen molar-refractivity contribution in [3.63, 3.8) is 0 Å². The lowest BCUT2D eigenvalue weighted by Gasteiger charge is -2.14. The molecule has 2 aromatic rings. The smallest absolute Gasteiger partial charge is 0.262 e. The topological polar surface area (TPSA) is 61.2 Å². The van der Waals surface area contributed by atoms with Crippen LogP contribution in [-0.2, 0) is 16.1 Å². The molecule has 0 aliphatic heterocycles. The van der Waals surface area contributed by atoms with Gasteiger partial charge in [0.25, 0.3) is 5.56 Å². The van der Waals surface area contributed by atoms with Crippen LogP contribution in [0.15, 0.2) is 28.2 Å². The number of hydrogen-bond acceptors (Lipinski definition) is 5. The number of fused-ring (bicyclic) bond motifs is 1. The molecular formula is C19H25ClN2O3S. The maximum atomic E-state index is 12.9. The van der Waals surface area contributed by atoms with Gasteiger partial charge in [-0.05, 0) is 51.8 Å². The standard InChI is InChI=1S/C19H25ClN2O3S/c1-13(2)25-10-5-9-22-18(24)16-8-7-15(20)12-17(16)21-19(22)26-11-4-6-14(3)23/h7-8,12-13H,4-6,9-11H2,1-3H3. The van der Waals surface area contributed by atoms with Crippen molar-refractivity contribution in [1.29, 1.82) is 0 Å². The molecule has 0 N–H and O–H groups in total. The van der Waals surface area contributed by atoms with E-state index < -0.39 is 0 Å². The molecule has 1 aromatic carbocycles. The van der Waals surface area contributed by atoms with Crippen LogP contribution in [0.2, 0.25) is 5.02 Å². The van der Waals surface area contributed by atoms with E-state index in [2.05, 4.69) is 4.98 Å². The van der Waals surface area contributed by atoms with Gasteiger partial charge in [-0.15, -0.1) is 0 Å². The van der Waals surface area contributed by atoms with Crippen molar-refractivity contribution < 1.29 is 9.53 Å². The molecule has 26 heavy (non-hydrogen) atoms. The summed E-state index contributed by atoms with van der Waals surface area (Å²) in [5.41, 5.74) is 0.538. The van der Waals surface area contributed by atoms with Gasteiger partial charge in [-0.1, -0.05) is 23.4 Å². The maximum Gasteiger partial charge on any atom is 0.262 e. The van der Waals surface area contributed by atoms with Crippen molar-refractivity contribution in [1.82, 2.24) is 9.55 Å². The summed E-state index contributed by atoms with van der Waals surface area (Å²) >= 11 is 7.55. The summed E-state index contributed by atoms with van der Waals surface area (Å²) in [5, 5.41) is 1.78. The van der Waals surface area contributed by atoms with Crippen molar-refractivity contribution >= 4 is 40.0 Å². The Morgan fingerprint density at radius 2 is 2.12 bits per heavy atom. The number of halogens is 1. The number of aromatic nitrogens is 2. The Morgan fingerprint density at radius 3 is 2.81 bits per heavy atom. The highest BCUT2D eigenvalue weighted by molar-refractivity contribution is 7.99. The molecule has 0 unspecified atom stereocenters. The minimum absolute atomic E-state index is 0.0646. The van der Waals surface area contributed by atoms with Gasteiger partial charge in [0.1, 0.15) is 5.78 Å². The van der Waals surface area contributed by atoms with Crippen molar-refractivity contribution in [3.05, 3.63) is 33.6 Å². The van der Waals surface area contributed by atoms with E-state index in [1.165, 1.54) is 11.8 Å². The van der Waals surface area contributed by atoms with Gasteiger partial charge < -0.3 is 9.53 Å². The molecule has 0 atom stereocenters. The molecule has 0 bridgehead atoms. The van der Waals surface area contributed by atoms with E-state index in [9.17, 15) is 9.59 Å². The fourth-order valence-corrected chi connectivity index (χ4v) is 3.64. The summed E-state index contributed by atoms with van der Waals surface area (Å²) in [6.07, 6.45) is 2.21. The zero-order valence-corrected chi connectivity index (χ0v) is 17.0. The van der Waals surface area contributed by atoms with Crippen molar-refractivity contribution in [3.8, 4) is 0 Å². The molecule has 1 aromatic heterocycles. The summed E-state index contributed by atoms with van der Waals surface area (Å²) in [7, 11) is 0. The molecule has 2 rings (SSSR count). The molecule has 0 saturated heterocycles. The molecule has 7 heteroatoms. The number of nitrogens with zero attached hydrogens (tertiary/aromatic N) is 2. The summed E-state index contributed by atoms with van der Waals surface area (Å²) in [4.78, 5) is 28.7. The van der Waals surface area contributed by atoms with Gasteiger partial charge in [0.05, 0.1) is 17.0 Å². The van der Waals surface area contributed by atoms with Crippen LogP contribution >= 0.6 is 23.4 Å². The first kappa shape index (κ1) is 20.9. The fraction of sp³-hybridized carbons (Fsp3) is 0.526. The SMILES string of the molecule is CC(=O)CCCSc1nc2cc(Cl)ccc2c(=O)n1CCCOC(C)C. The number of rotatable bonds is 10. The van der Waals surface area contributed by atoms with E-state index in [0.717, 1.165) is 18.6 Å². The van der Waals surface area contributed by atoms with E-state index in [1.54, 1.807) is 29.7 Å². The Bertz CT molecular complexity index is 820. The third kappa shape index (κ3) is 6.11. The summed E-state index contributed by atoms with van der Waals surface area (Å²) in [6.45, 7) is 6.71. The average molecular weight is 397 g/mol. The van der Waals surface area contributed by atoms with Crippen molar-refractivity contribution in [2.45, 2.75) is 57.8 Å². The predicted octanol–water partition coefficient (Wildman–Crippen LogP) is 4.33. The molecule has 0 fully saturated rings. The van der Waals surface area contributed by atoms with Crippen LogP contribution < -0.4 is 5.56 Å². The van der Waals surface area contributed by atoms with Gasteiger partial charge in [-0.25, -0.2) is 4.98 Å². The largest absolute Gasteiger partial charge is 0.379 e. The van der Waals surface area contributed by atoms with Crippen molar-refractivity contribution in [2.24, 2.45) is 0 Å². The summed E-state index contributed by atoms with van der Waals surface area (Å²) in [5.74, 6) is 0.910. The fourth-order valence-electron chi connectivity index (χ4n) is 2.51. The van der Waals surface area contributed by atoms with Crippen molar-refractivity contribution in [2.75, 3.05) is 12.4 Å². The Kier molecular flexibility index (Phi) is 8.13. The molecule has 0 saturated carbocycles. The Hall–Kier alpha value is -1.37. The van der Waals surface area contributed by atoms with Gasteiger partial charge in [0.2, 0.25) is 0 Å². The molecule has 0 aliphatic rings. The number of thioether (sulfide) groups is 1. The van der Waals surface area contributed by atoms with E-state index >= 15 is 0 Å². The molecule has 142 valence electrons. The number of Topliss-reactive ketones (excluding diaryl/α,β-unsaturated/α-hetero) is 1. The normalized spacial score (nSPS) is 11.4. The lowest BCUT2D eigenvalue weighted by Crippen LogP contribution is -2.24. The van der Waals surface area contributed by atoms with E-state index in [4.69, 9.17) is 16.3 Å². The molecule has 1 heterocycles. The second kappa shape index (κ2) is 10.1. The summed E-state index contributed by atoms with van der Waals surface area (Å²) in [6, 6.07) is 5.14. The third-order valence-corrected chi connectivity index (χ3v) is 5.06. The maximum absolute atomic E-state index is 12.9. The van der Waals surface area contributed by atoms with Crippen LogP contribution in [0.1, 0.15) is 40.0 Å². The van der Waals surface area contributed by atoms with E-state index in [1.807, 2.05) is 13.8 Å². The number of carbonyl (C=O) groups excluding carboxylic acids is 1. The third-order valence-electron chi connectivity index (χ3n) is 3.76. The Labute approximate surface area is 163 Å². The number of hydrogen-bond donors (Lipinski definition) is 0. The van der Waals surface area contributed by atoms with Gasteiger partial charge in [0.15, 0.2) is 5.16 Å². The quantitative estimate of drug-likeness (QED) is 0.340. The Balaban J connectivity index is 2.24. The highest BCUT2D eigenvalue weighted by Crippen LogP contribution is 2.21. The van der Waals surface area contributed by atoms with Crippen LogP contribution in [0, 0.1) is 0 Å². The van der Waals surface area contributed by atoms with Gasteiger partial charge in [-0.2, -0.15) is 0 Å².